The molecule has 2 nitrogen and oxygen atoms in total. The molecular formula is C8H9NO. The van der Waals surface area contributed by atoms with Crippen LogP contribution in [0, 0.1) is 0 Å². The van der Waals surface area contributed by atoms with E-state index in [1.807, 2.05) is 35.2 Å². The van der Waals surface area contributed by atoms with Gasteiger partial charge in [-0.3, -0.25) is 4.79 Å². The van der Waals surface area contributed by atoms with Crippen LogP contribution in [0.4, 0.5) is 0 Å². The Morgan fingerprint density at radius 3 is 2.60 bits per heavy atom. The van der Waals surface area contributed by atoms with Crippen molar-refractivity contribution < 1.29 is 4.79 Å². The predicted molar refractivity (Wildman–Crippen MR) is 39.6 cm³/mol. The summed E-state index contributed by atoms with van der Waals surface area (Å²) in [6, 6.07) is 3.91. The molecule has 1 rings (SSSR count). The molecule has 0 atom stereocenters. The summed E-state index contributed by atoms with van der Waals surface area (Å²) in [6.45, 7) is 0.770. The Bertz CT molecular complexity index is 211. The lowest BCUT2D eigenvalue weighted by molar-refractivity contribution is -0.104. The second kappa shape index (κ2) is 3.67. The summed E-state index contributed by atoms with van der Waals surface area (Å²) >= 11 is 0. The molecule has 0 aliphatic rings. The van der Waals surface area contributed by atoms with Crippen molar-refractivity contribution in [1.29, 1.82) is 0 Å². The highest BCUT2D eigenvalue weighted by Crippen LogP contribution is 1.89. The second-order valence-electron chi connectivity index (χ2n) is 1.94. The van der Waals surface area contributed by atoms with Crippen LogP contribution in [-0.4, -0.2) is 10.9 Å². The summed E-state index contributed by atoms with van der Waals surface area (Å²) < 4.78 is 1.99. The molecule has 0 bridgehead atoms. The van der Waals surface area contributed by atoms with Gasteiger partial charge in [-0.15, -0.1) is 0 Å². The van der Waals surface area contributed by atoms with Gasteiger partial charge in [0.25, 0.3) is 0 Å². The Labute approximate surface area is 59.8 Å². The number of carbonyl (C=O) groups excluding carboxylic acids is 1. The third kappa shape index (κ3) is 1.90. The number of nitrogens with zero attached hydrogens (tertiary/aromatic N) is 1. The van der Waals surface area contributed by atoms with Gasteiger partial charge in [-0.25, -0.2) is 0 Å². The number of rotatable bonds is 3. The number of allylic oxidation sites excluding steroid dienone is 2. The van der Waals surface area contributed by atoms with Crippen molar-refractivity contribution in [3.63, 3.8) is 0 Å². The van der Waals surface area contributed by atoms with Crippen molar-refractivity contribution in [2.24, 2.45) is 0 Å². The number of carbonyl (C=O) groups is 1. The van der Waals surface area contributed by atoms with Crippen LogP contribution in [0.15, 0.2) is 36.7 Å². The molecule has 1 aromatic heterocycles. The molecule has 0 radical (unpaired) electrons. The van der Waals surface area contributed by atoms with Crippen molar-refractivity contribution in [1.82, 2.24) is 4.57 Å². The van der Waals surface area contributed by atoms with Crippen molar-refractivity contribution in [2.75, 3.05) is 0 Å². The minimum absolute atomic E-state index is 0.770. The number of aldehydes is 1. The summed E-state index contributed by atoms with van der Waals surface area (Å²) in [4.78, 5) is 9.84. The van der Waals surface area contributed by atoms with Crippen LogP contribution in [0.1, 0.15) is 0 Å². The zero-order chi connectivity index (χ0) is 7.23. The van der Waals surface area contributed by atoms with E-state index in [1.54, 1.807) is 0 Å². The molecule has 0 fully saturated rings. The minimum atomic E-state index is 0.770. The molecule has 0 unspecified atom stereocenters. The quantitative estimate of drug-likeness (QED) is 0.451. The smallest absolute Gasteiger partial charge is 0.142 e. The average molecular weight is 135 g/mol. The fourth-order valence-electron chi connectivity index (χ4n) is 0.730. The van der Waals surface area contributed by atoms with Gasteiger partial charge in [0.1, 0.15) is 6.29 Å². The van der Waals surface area contributed by atoms with E-state index in [2.05, 4.69) is 0 Å². The van der Waals surface area contributed by atoms with Gasteiger partial charge in [-0.2, -0.15) is 0 Å². The molecule has 1 heterocycles. The summed E-state index contributed by atoms with van der Waals surface area (Å²) in [5.74, 6) is 0. The summed E-state index contributed by atoms with van der Waals surface area (Å²) in [7, 11) is 0. The highest BCUT2D eigenvalue weighted by molar-refractivity contribution is 5.64. The first-order valence-corrected chi connectivity index (χ1v) is 3.14. The first-order valence-electron chi connectivity index (χ1n) is 3.14. The van der Waals surface area contributed by atoms with Crippen LogP contribution in [0.2, 0.25) is 0 Å². The molecule has 0 spiro atoms. The van der Waals surface area contributed by atoms with Crippen LogP contribution < -0.4 is 0 Å². The molecule has 52 valence electrons. The van der Waals surface area contributed by atoms with E-state index in [0.29, 0.717) is 0 Å². The van der Waals surface area contributed by atoms with Gasteiger partial charge in [0.05, 0.1) is 0 Å². The fraction of sp³-hybridized carbons (Fsp3) is 0.125. The topological polar surface area (TPSA) is 22.0 Å². The molecule has 2 heteroatoms. The van der Waals surface area contributed by atoms with E-state index in [9.17, 15) is 4.79 Å². The molecule has 0 aromatic carbocycles. The van der Waals surface area contributed by atoms with Gasteiger partial charge in [0, 0.05) is 18.9 Å². The molecule has 0 N–H and O–H groups in total. The van der Waals surface area contributed by atoms with E-state index < -0.39 is 0 Å². The monoisotopic (exact) mass is 135 g/mol. The molecule has 0 saturated heterocycles. The van der Waals surface area contributed by atoms with E-state index in [-0.39, 0.29) is 0 Å². The van der Waals surface area contributed by atoms with E-state index in [0.717, 1.165) is 12.8 Å². The molecular weight excluding hydrogens is 126 g/mol. The lowest BCUT2D eigenvalue weighted by Crippen LogP contribution is -1.88. The summed E-state index contributed by atoms with van der Waals surface area (Å²) in [6.07, 6.45) is 8.00. The Balaban J connectivity index is 2.41. The Hall–Kier alpha value is -1.31. The van der Waals surface area contributed by atoms with Crippen molar-refractivity contribution >= 4 is 6.29 Å². The van der Waals surface area contributed by atoms with Crippen LogP contribution in [0.3, 0.4) is 0 Å². The van der Waals surface area contributed by atoms with E-state index >= 15 is 0 Å². The molecule has 0 amide bonds. The van der Waals surface area contributed by atoms with Gasteiger partial charge in [-0.1, -0.05) is 6.08 Å². The minimum Gasteiger partial charge on any atom is -0.350 e. The normalized spacial score (nSPS) is 10.4. The van der Waals surface area contributed by atoms with Crippen molar-refractivity contribution in [2.45, 2.75) is 6.54 Å². The van der Waals surface area contributed by atoms with Gasteiger partial charge >= 0.3 is 0 Å². The maximum absolute atomic E-state index is 9.84. The first kappa shape index (κ1) is 6.81. The third-order valence-corrected chi connectivity index (χ3v) is 1.20. The van der Waals surface area contributed by atoms with Gasteiger partial charge in [0.15, 0.2) is 0 Å². The molecule has 0 aliphatic heterocycles. The highest BCUT2D eigenvalue weighted by atomic mass is 16.1. The number of aromatic nitrogens is 1. The van der Waals surface area contributed by atoms with Gasteiger partial charge in [0.2, 0.25) is 0 Å². The molecule has 10 heavy (non-hydrogen) atoms. The Morgan fingerprint density at radius 2 is 2.00 bits per heavy atom. The van der Waals surface area contributed by atoms with Crippen LogP contribution in [0.25, 0.3) is 0 Å². The summed E-state index contributed by atoms with van der Waals surface area (Å²) in [5.41, 5.74) is 0. The van der Waals surface area contributed by atoms with Crippen LogP contribution in [-0.2, 0) is 11.3 Å². The third-order valence-electron chi connectivity index (χ3n) is 1.20. The maximum Gasteiger partial charge on any atom is 0.142 e. The van der Waals surface area contributed by atoms with Gasteiger partial charge in [-0.05, 0) is 18.2 Å². The van der Waals surface area contributed by atoms with E-state index in [4.69, 9.17) is 0 Å². The standard InChI is InChI=1S/C8H9NO/c10-8-4-3-7-9-5-1-2-6-9/h1-6,8H,7H2/b4-3+. The lowest BCUT2D eigenvalue weighted by atomic mass is 10.5. The van der Waals surface area contributed by atoms with Crippen LogP contribution in [0.5, 0.6) is 0 Å². The lowest BCUT2D eigenvalue weighted by Gasteiger charge is -1.92. The highest BCUT2D eigenvalue weighted by Gasteiger charge is 1.80. The fourth-order valence-corrected chi connectivity index (χ4v) is 0.730. The maximum atomic E-state index is 9.84. The molecule has 1 aromatic rings. The predicted octanol–water partition coefficient (Wildman–Crippen LogP) is 1.24. The first-order chi connectivity index (χ1) is 4.93. The zero-order valence-electron chi connectivity index (χ0n) is 5.60. The molecule has 0 saturated carbocycles. The van der Waals surface area contributed by atoms with Gasteiger partial charge < -0.3 is 4.57 Å². The van der Waals surface area contributed by atoms with Crippen molar-refractivity contribution in [3.05, 3.63) is 36.7 Å². The number of hydrogen-bond donors (Lipinski definition) is 0. The van der Waals surface area contributed by atoms with Crippen LogP contribution >= 0.6 is 0 Å². The Morgan fingerprint density at radius 1 is 1.30 bits per heavy atom. The van der Waals surface area contributed by atoms with Crippen molar-refractivity contribution in [3.8, 4) is 0 Å². The summed E-state index contributed by atoms with van der Waals surface area (Å²) in [5, 5.41) is 0. The SMILES string of the molecule is O=C/C=C/Cn1cccc1. The largest absolute Gasteiger partial charge is 0.350 e. The van der Waals surface area contributed by atoms with E-state index in [1.165, 1.54) is 6.08 Å². The average Bonchev–Trinajstić information content (AvgIpc) is 2.41. The second-order valence-corrected chi connectivity index (χ2v) is 1.94. The number of hydrogen-bond acceptors (Lipinski definition) is 1. The zero-order valence-corrected chi connectivity index (χ0v) is 5.60. The Kier molecular flexibility index (Phi) is 2.49. The molecule has 0 aliphatic carbocycles.